The normalized spacial score (nSPS) is 13.4. The maximum absolute atomic E-state index is 12.8. The third-order valence-electron chi connectivity index (χ3n) is 3.53. The van der Waals surface area contributed by atoms with Gasteiger partial charge >= 0.3 is 0 Å². The van der Waals surface area contributed by atoms with Gasteiger partial charge in [-0.2, -0.15) is 4.31 Å². The summed E-state index contributed by atoms with van der Waals surface area (Å²) in [6.45, 7) is 9.80. The first-order chi connectivity index (χ1) is 9.97. The van der Waals surface area contributed by atoms with Crippen LogP contribution in [0.15, 0.2) is 23.4 Å². The zero-order valence-corrected chi connectivity index (χ0v) is 14.3. The summed E-state index contributed by atoms with van der Waals surface area (Å²) in [5.74, 6) is 0.337. The summed E-state index contributed by atoms with van der Waals surface area (Å²) in [6.07, 6.45) is 4.95. The molecule has 1 aromatic rings. The lowest BCUT2D eigenvalue weighted by Crippen LogP contribution is -2.35. The zero-order chi connectivity index (χ0) is 15.9. The van der Waals surface area contributed by atoms with E-state index >= 15 is 0 Å². The average molecular weight is 313 g/mol. The van der Waals surface area contributed by atoms with Crippen LogP contribution < -0.4 is 5.32 Å². The lowest BCUT2D eigenvalue weighted by molar-refractivity contribution is 0.361. The smallest absolute Gasteiger partial charge is 0.246 e. The molecule has 1 N–H and O–H groups in total. The van der Waals surface area contributed by atoms with Crippen molar-refractivity contribution in [2.24, 2.45) is 5.92 Å². The molecule has 0 saturated carbocycles. The minimum atomic E-state index is -3.51. The van der Waals surface area contributed by atoms with Crippen LogP contribution >= 0.6 is 0 Å². The maximum atomic E-state index is 12.8. The highest BCUT2D eigenvalue weighted by molar-refractivity contribution is 7.89. The molecule has 0 saturated heterocycles. The van der Waals surface area contributed by atoms with Gasteiger partial charge in [0.05, 0.1) is 5.69 Å². The molecular formula is C15H27N3O2S. The van der Waals surface area contributed by atoms with Gasteiger partial charge in [0, 0.05) is 32.0 Å². The van der Waals surface area contributed by atoms with Gasteiger partial charge in [-0.05, 0) is 18.4 Å². The van der Waals surface area contributed by atoms with Gasteiger partial charge in [0.25, 0.3) is 0 Å². The molecule has 5 nitrogen and oxygen atoms in total. The number of hydrogen-bond acceptors (Lipinski definition) is 4. The van der Waals surface area contributed by atoms with E-state index < -0.39 is 10.0 Å². The molecule has 1 atom stereocenters. The van der Waals surface area contributed by atoms with E-state index in [9.17, 15) is 8.42 Å². The number of rotatable bonds is 9. The molecular weight excluding hydrogens is 286 g/mol. The van der Waals surface area contributed by atoms with E-state index in [-0.39, 0.29) is 4.90 Å². The Morgan fingerprint density at radius 3 is 2.62 bits per heavy atom. The topological polar surface area (TPSA) is 62.3 Å². The Labute approximate surface area is 128 Å². The molecule has 120 valence electrons. The second-order valence-corrected chi connectivity index (χ2v) is 7.17. The van der Waals surface area contributed by atoms with Crippen molar-refractivity contribution in [2.75, 3.05) is 25.0 Å². The van der Waals surface area contributed by atoms with Crippen LogP contribution in [0.4, 0.5) is 5.69 Å². The zero-order valence-electron chi connectivity index (χ0n) is 13.5. The lowest BCUT2D eigenvalue weighted by atomic mass is 10.1. The van der Waals surface area contributed by atoms with Crippen LogP contribution in [0.5, 0.6) is 0 Å². The number of nitrogens with zero attached hydrogens (tertiary/aromatic N) is 2. The van der Waals surface area contributed by atoms with Crippen molar-refractivity contribution in [3.05, 3.63) is 18.5 Å². The van der Waals surface area contributed by atoms with Crippen LogP contribution in [0.2, 0.25) is 0 Å². The van der Waals surface area contributed by atoms with Gasteiger partial charge in [-0.25, -0.2) is 8.42 Å². The van der Waals surface area contributed by atoms with Gasteiger partial charge in [-0.15, -0.1) is 0 Å². The molecule has 1 aromatic heterocycles. The van der Waals surface area contributed by atoms with Crippen molar-refractivity contribution in [1.82, 2.24) is 9.29 Å². The minimum Gasteiger partial charge on any atom is -0.384 e. The van der Waals surface area contributed by atoms with Gasteiger partial charge in [-0.1, -0.05) is 34.1 Å². The van der Waals surface area contributed by atoms with Crippen LogP contribution in [0.1, 0.15) is 40.5 Å². The first-order valence-corrected chi connectivity index (χ1v) is 9.09. The number of pyridine rings is 1. The molecule has 0 aromatic carbocycles. The predicted octanol–water partition coefficient (Wildman–Crippen LogP) is 2.96. The van der Waals surface area contributed by atoms with E-state index in [1.165, 1.54) is 10.5 Å². The number of sulfonamides is 1. The van der Waals surface area contributed by atoms with Gasteiger partial charge in [0.2, 0.25) is 10.0 Å². The predicted molar refractivity (Wildman–Crippen MR) is 86.9 cm³/mol. The van der Waals surface area contributed by atoms with Crippen molar-refractivity contribution in [3.8, 4) is 0 Å². The van der Waals surface area contributed by atoms with Crippen LogP contribution in [0.3, 0.4) is 0 Å². The quantitative estimate of drug-likeness (QED) is 0.761. The summed E-state index contributed by atoms with van der Waals surface area (Å²) in [5.41, 5.74) is 0.634. The molecule has 21 heavy (non-hydrogen) atoms. The fourth-order valence-corrected chi connectivity index (χ4v) is 3.69. The van der Waals surface area contributed by atoms with Crippen LogP contribution in [0, 0.1) is 5.92 Å². The largest absolute Gasteiger partial charge is 0.384 e. The number of hydrogen-bond donors (Lipinski definition) is 1. The first-order valence-electron chi connectivity index (χ1n) is 7.65. The van der Waals surface area contributed by atoms with Gasteiger partial charge in [-0.3, -0.25) is 4.98 Å². The molecule has 0 aliphatic carbocycles. The Bertz CT molecular complexity index is 531. The molecule has 0 fully saturated rings. The number of anilines is 1. The summed E-state index contributed by atoms with van der Waals surface area (Å²) in [7, 11) is -3.51. The van der Waals surface area contributed by atoms with Crippen molar-refractivity contribution < 1.29 is 8.42 Å². The van der Waals surface area contributed by atoms with Crippen molar-refractivity contribution in [3.63, 3.8) is 0 Å². The molecule has 6 heteroatoms. The molecule has 0 spiro atoms. The van der Waals surface area contributed by atoms with E-state index in [0.717, 1.165) is 19.4 Å². The van der Waals surface area contributed by atoms with E-state index in [4.69, 9.17) is 0 Å². The minimum absolute atomic E-state index is 0.267. The van der Waals surface area contributed by atoms with E-state index in [1.807, 2.05) is 13.8 Å². The lowest BCUT2D eigenvalue weighted by Gasteiger charge is -2.24. The number of aromatic nitrogens is 1. The third kappa shape index (κ3) is 4.68. The van der Waals surface area contributed by atoms with E-state index in [2.05, 4.69) is 24.1 Å². The standard InChI is InChI=1S/C15H27N3O2S/c1-5-9-17-14-8-10-16-11-15(14)21(19,20)18(7-3)12-13(4)6-2/h8,10-11,13H,5-7,9,12H2,1-4H3,(H,16,17). The Hall–Kier alpha value is -1.14. The summed E-state index contributed by atoms with van der Waals surface area (Å²) in [5, 5.41) is 3.17. The maximum Gasteiger partial charge on any atom is 0.246 e. The van der Waals surface area contributed by atoms with Crippen molar-refractivity contribution >= 4 is 15.7 Å². The monoisotopic (exact) mass is 313 g/mol. The van der Waals surface area contributed by atoms with E-state index in [0.29, 0.717) is 24.7 Å². The molecule has 0 amide bonds. The van der Waals surface area contributed by atoms with Gasteiger partial charge < -0.3 is 5.32 Å². The summed E-state index contributed by atoms with van der Waals surface area (Å²) in [4.78, 5) is 4.26. The molecule has 0 aliphatic rings. The third-order valence-corrected chi connectivity index (χ3v) is 5.50. The summed E-state index contributed by atoms with van der Waals surface area (Å²) >= 11 is 0. The Kier molecular flexibility index (Phi) is 7.11. The second-order valence-electron chi connectivity index (χ2n) is 5.27. The van der Waals surface area contributed by atoms with E-state index in [1.54, 1.807) is 12.3 Å². The van der Waals surface area contributed by atoms with Crippen LogP contribution in [-0.2, 0) is 10.0 Å². The first kappa shape index (κ1) is 17.9. The highest BCUT2D eigenvalue weighted by atomic mass is 32.2. The Morgan fingerprint density at radius 2 is 2.05 bits per heavy atom. The molecule has 0 radical (unpaired) electrons. The Morgan fingerprint density at radius 1 is 1.33 bits per heavy atom. The molecule has 1 rings (SSSR count). The van der Waals surface area contributed by atoms with Gasteiger partial charge in [0.1, 0.15) is 4.90 Å². The van der Waals surface area contributed by atoms with Crippen LogP contribution in [0.25, 0.3) is 0 Å². The molecule has 0 bridgehead atoms. The SMILES string of the molecule is CCCNc1ccncc1S(=O)(=O)N(CC)CC(C)CC. The second kappa shape index (κ2) is 8.34. The Balaban J connectivity index is 3.10. The fraction of sp³-hybridized carbons (Fsp3) is 0.667. The summed E-state index contributed by atoms with van der Waals surface area (Å²) in [6, 6.07) is 1.72. The highest BCUT2D eigenvalue weighted by Gasteiger charge is 2.27. The number of nitrogens with one attached hydrogen (secondary N) is 1. The molecule has 1 unspecified atom stereocenters. The van der Waals surface area contributed by atoms with Crippen molar-refractivity contribution in [2.45, 2.75) is 45.4 Å². The average Bonchev–Trinajstić information content (AvgIpc) is 2.50. The summed E-state index contributed by atoms with van der Waals surface area (Å²) < 4.78 is 27.2. The van der Waals surface area contributed by atoms with Gasteiger partial charge in [0.15, 0.2) is 0 Å². The molecule has 1 heterocycles. The highest BCUT2D eigenvalue weighted by Crippen LogP contribution is 2.24. The molecule has 0 aliphatic heterocycles. The van der Waals surface area contributed by atoms with Crippen molar-refractivity contribution in [1.29, 1.82) is 0 Å². The fourth-order valence-electron chi connectivity index (χ4n) is 2.00. The van der Waals surface area contributed by atoms with Crippen LogP contribution in [-0.4, -0.2) is 37.3 Å².